The first kappa shape index (κ1) is 10.4. The van der Waals surface area contributed by atoms with Crippen molar-refractivity contribution in [3.63, 3.8) is 0 Å². The molecule has 0 amide bonds. The minimum Gasteiger partial charge on any atom is -0.384 e. The molecule has 8 heteroatoms. The van der Waals surface area contributed by atoms with Crippen LogP contribution in [0.15, 0.2) is 10.9 Å². The lowest BCUT2D eigenvalue weighted by molar-refractivity contribution is -0.141. The smallest absolute Gasteiger partial charge is 0.384 e. The van der Waals surface area contributed by atoms with Gasteiger partial charge < -0.3 is 11.2 Å². The Morgan fingerprint density at radius 1 is 1.57 bits per heavy atom. The summed E-state index contributed by atoms with van der Waals surface area (Å²) in [6.45, 7) is 0. The Morgan fingerprint density at radius 3 is 2.50 bits per heavy atom. The predicted molar refractivity (Wildman–Crippen MR) is 43.2 cm³/mol. The second-order valence-electron chi connectivity index (χ2n) is 2.41. The standard InChI is InChI=1S/C6H7F3N4O/c1-11-13-4(10)2-3(6(7,8)9)12-5(13)14/h2,11H,10H2,1H3. The van der Waals surface area contributed by atoms with Gasteiger partial charge in [0.25, 0.3) is 0 Å². The van der Waals surface area contributed by atoms with E-state index in [1.807, 2.05) is 0 Å². The minimum absolute atomic E-state index is 0.347. The summed E-state index contributed by atoms with van der Waals surface area (Å²) < 4.78 is 37.0. The summed E-state index contributed by atoms with van der Waals surface area (Å²) in [5.41, 5.74) is 5.08. The second-order valence-corrected chi connectivity index (χ2v) is 2.41. The quantitative estimate of drug-likeness (QED) is 0.682. The first-order valence-corrected chi connectivity index (χ1v) is 3.51. The van der Waals surface area contributed by atoms with E-state index in [1.54, 1.807) is 0 Å². The van der Waals surface area contributed by atoms with Crippen molar-refractivity contribution in [1.29, 1.82) is 0 Å². The molecule has 1 aromatic rings. The van der Waals surface area contributed by atoms with Crippen LogP contribution in [0.25, 0.3) is 0 Å². The van der Waals surface area contributed by atoms with Crippen LogP contribution in [-0.4, -0.2) is 16.7 Å². The number of hydrogen-bond donors (Lipinski definition) is 2. The predicted octanol–water partition coefficient (Wildman–Crippen LogP) is 0.0176. The number of alkyl halides is 3. The summed E-state index contributed by atoms with van der Waals surface area (Å²) in [7, 11) is 1.34. The Balaban J connectivity index is 3.36. The van der Waals surface area contributed by atoms with Crippen LogP contribution in [0.2, 0.25) is 0 Å². The van der Waals surface area contributed by atoms with Crippen molar-refractivity contribution in [2.45, 2.75) is 6.18 Å². The molecule has 1 rings (SSSR count). The van der Waals surface area contributed by atoms with E-state index in [2.05, 4.69) is 10.4 Å². The van der Waals surface area contributed by atoms with Gasteiger partial charge >= 0.3 is 11.9 Å². The van der Waals surface area contributed by atoms with Gasteiger partial charge in [-0.2, -0.15) is 22.8 Å². The number of aromatic nitrogens is 2. The maximum Gasteiger partial charge on any atom is 0.433 e. The van der Waals surface area contributed by atoms with E-state index in [0.717, 1.165) is 0 Å². The lowest BCUT2D eigenvalue weighted by Crippen LogP contribution is -2.33. The lowest BCUT2D eigenvalue weighted by Gasteiger charge is -2.10. The molecule has 0 saturated heterocycles. The summed E-state index contributed by atoms with van der Waals surface area (Å²) >= 11 is 0. The highest BCUT2D eigenvalue weighted by molar-refractivity contribution is 5.32. The van der Waals surface area contributed by atoms with Gasteiger partial charge in [0, 0.05) is 13.1 Å². The summed E-state index contributed by atoms with van der Waals surface area (Å²) in [5, 5.41) is 0. The van der Waals surface area contributed by atoms with E-state index >= 15 is 0 Å². The van der Waals surface area contributed by atoms with E-state index in [9.17, 15) is 18.0 Å². The fourth-order valence-corrected chi connectivity index (χ4v) is 0.870. The van der Waals surface area contributed by atoms with Crippen LogP contribution in [0.5, 0.6) is 0 Å². The van der Waals surface area contributed by atoms with Crippen molar-refractivity contribution in [3.8, 4) is 0 Å². The first-order valence-electron chi connectivity index (χ1n) is 3.51. The van der Waals surface area contributed by atoms with Crippen molar-refractivity contribution in [2.75, 3.05) is 18.2 Å². The van der Waals surface area contributed by atoms with Gasteiger partial charge in [0.15, 0.2) is 5.69 Å². The second kappa shape index (κ2) is 3.20. The Hall–Kier alpha value is -1.73. The monoisotopic (exact) mass is 208 g/mol. The largest absolute Gasteiger partial charge is 0.433 e. The lowest BCUT2D eigenvalue weighted by atomic mass is 10.4. The molecule has 1 aromatic heterocycles. The third kappa shape index (κ3) is 1.78. The van der Waals surface area contributed by atoms with Gasteiger partial charge in [0.05, 0.1) is 0 Å². The van der Waals surface area contributed by atoms with E-state index in [0.29, 0.717) is 10.7 Å². The molecule has 0 aromatic carbocycles. The fraction of sp³-hybridized carbons (Fsp3) is 0.333. The maximum absolute atomic E-state index is 12.1. The molecule has 0 spiro atoms. The topological polar surface area (TPSA) is 72.9 Å². The Kier molecular flexibility index (Phi) is 2.37. The van der Waals surface area contributed by atoms with Crippen molar-refractivity contribution in [2.24, 2.45) is 0 Å². The van der Waals surface area contributed by atoms with Crippen LogP contribution >= 0.6 is 0 Å². The number of hydrogen-bond acceptors (Lipinski definition) is 4. The van der Waals surface area contributed by atoms with Crippen LogP contribution < -0.4 is 16.8 Å². The molecule has 1 heterocycles. The molecule has 5 nitrogen and oxygen atoms in total. The van der Waals surface area contributed by atoms with Crippen molar-refractivity contribution < 1.29 is 13.2 Å². The minimum atomic E-state index is -4.67. The zero-order valence-corrected chi connectivity index (χ0v) is 7.09. The maximum atomic E-state index is 12.1. The molecule has 0 fully saturated rings. The Morgan fingerprint density at radius 2 is 2.14 bits per heavy atom. The number of nitrogen functional groups attached to an aromatic ring is 1. The molecule has 0 atom stereocenters. The molecular formula is C6H7F3N4O. The summed E-state index contributed by atoms with van der Waals surface area (Å²) in [5.74, 6) is -0.347. The van der Waals surface area contributed by atoms with E-state index in [4.69, 9.17) is 5.73 Å². The number of nitrogens with zero attached hydrogens (tertiary/aromatic N) is 2. The number of nitrogens with one attached hydrogen (secondary N) is 1. The van der Waals surface area contributed by atoms with Crippen LogP contribution in [0.1, 0.15) is 5.69 Å². The molecule has 0 aliphatic heterocycles. The normalized spacial score (nSPS) is 11.4. The van der Waals surface area contributed by atoms with E-state index < -0.39 is 17.6 Å². The molecule has 14 heavy (non-hydrogen) atoms. The third-order valence-electron chi connectivity index (χ3n) is 1.46. The average molecular weight is 208 g/mol. The molecule has 0 bridgehead atoms. The molecule has 0 unspecified atom stereocenters. The van der Waals surface area contributed by atoms with Gasteiger partial charge in [-0.05, 0) is 0 Å². The van der Waals surface area contributed by atoms with Gasteiger partial charge in [0.1, 0.15) is 5.82 Å². The molecule has 0 aliphatic carbocycles. The van der Waals surface area contributed by atoms with Gasteiger partial charge in [-0.3, -0.25) is 0 Å². The highest BCUT2D eigenvalue weighted by Crippen LogP contribution is 2.27. The molecule has 78 valence electrons. The molecule has 3 N–H and O–H groups in total. The number of halogens is 3. The van der Waals surface area contributed by atoms with Gasteiger partial charge in [-0.1, -0.05) is 0 Å². The van der Waals surface area contributed by atoms with Crippen LogP contribution in [0, 0.1) is 0 Å². The molecule has 0 radical (unpaired) electrons. The molecular weight excluding hydrogens is 201 g/mol. The van der Waals surface area contributed by atoms with Crippen molar-refractivity contribution in [1.82, 2.24) is 9.66 Å². The highest BCUT2D eigenvalue weighted by atomic mass is 19.4. The summed E-state index contributed by atoms with van der Waals surface area (Å²) in [4.78, 5) is 13.8. The average Bonchev–Trinajstić information content (AvgIpc) is 2.01. The zero-order valence-electron chi connectivity index (χ0n) is 7.09. The van der Waals surface area contributed by atoms with E-state index in [1.165, 1.54) is 7.05 Å². The van der Waals surface area contributed by atoms with Crippen LogP contribution in [0.3, 0.4) is 0 Å². The Labute approximate surface area is 76.3 Å². The SMILES string of the molecule is CNn1c(N)cc(C(F)(F)F)nc1=O. The fourth-order valence-electron chi connectivity index (χ4n) is 0.870. The van der Waals surface area contributed by atoms with Crippen LogP contribution in [0.4, 0.5) is 19.0 Å². The highest BCUT2D eigenvalue weighted by Gasteiger charge is 2.33. The third-order valence-corrected chi connectivity index (χ3v) is 1.46. The zero-order chi connectivity index (χ0) is 10.9. The number of nitrogens with two attached hydrogens (primary N) is 1. The number of anilines is 1. The van der Waals surface area contributed by atoms with Gasteiger partial charge in [-0.25, -0.2) is 4.79 Å². The number of rotatable bonds is 1. The molecule has 0 aliphatic rings. The molecule has 0 saturated carbocycles. The first-order chi connectivity index (χ1) is 6.36. The van der Waals surface area contributed by atoms with Gasteiger partial charge in [-0.15, -0.1) is 0 Å². The summed E-state index contributed by atoms with van der Waals surface area (Å²) in [6.07, 6.45) is -4.67. The van der Waals surface area contributed by atoms with Crippen LogP contribution in [-0.2, 0) is 6.18 Å². The van der Waals surface area contributed by atoms with Crippen molar-refractivity contribution >= 4 is 5.82 Å². The van der Waals surface area contributed by atoms with Crippen molar-refractivity contribution in [3.05, 3.63) is 22.2 Å². The van der Waals surface area contributed by atoms with E-state index in [-0.39, 0.29) is 5.82 Å². The summed E-state index contributed by atoms with van der Waals surface area (Å²) in [6, 6.07) is 0.581. The Bertz CT molecular complexity index is 397. The van der Waals surface area contributed by atoms with Gasteiger partial charge in [0.2, 0.25) is 0 Å².